The Morgan fingerprint density at radius 3 is 2.24 bits per heavy atom. The molecule has 0 aliphatic heterocycles. The number of benzene rings is 2. The monoisotopic (exact) mass is 350 g/mol. The molecule has 0 N–H and O–H groups in total. The van der Waals surface area contributed by atoms with E-state index < -0.39 is 11.6 Å². The Morgan fingerprint density at radius 2 is 1.68 bits per heavy atom. The molecule has 0 aromatic heterocycles. The molecule has 136 valence electrons. The van der Waals surface area contributed by atoms with Crippen LogP contribution < -0.4 is 9.47 Å². The Labute approximate surface area is 147 Å². The van der Waals surface area contributed by atoms with Crippen molar-refractivity contribution in [1.82, 2.24) is 0 Å². The number of Topliss-reactive ketones (excluding diaryl/α,β-unsaturated/α-hetero) is 1. The minimum absolute atomic E-state index is 0.0540. The van der Waals surface area contributed by atoms with Crippen LogP contribution in [0.2, 0.25) is 0 Å². The predicted molar refractivity (Wildman–Crippen MR) is 94.6 cm³/mol. The summed E-state index contributed by atoms with van der Waals surface area (Å²) in [6, 6.07) is 7.50. The standard InChI is InChI=1S/C17H16F2O3.C3H8/c1-10-4-5-12(21-2)9-13(10)15(20)7-11-6-14(18)17(19)16(8-11)22-3;1-3-2/h4-6,8-9H,7H2,1-3H3;3H2,1-2H3. The van der Waals surface area contributed by atoms with Crippen molar-refractivity contribution >= 4 is 5.78 Å². The van der Waals surface area contributed by atoms with Gasteiger partial charge < -0.3 is 9.47 Å². The second-order valence-electron chi connectivity index (χ2n) is 5.58. The summed E-state index contributed by atoms with van der Waals surface area (Å²) in [7, 11) is 2.76. The van der Waals surface area contributed by atoms with Crippen molar-refractivity contribution in [1.29, 1.82) is 0 Å². The van der Waals surface area contributed by atoms with Gasteiger partial charge in [-0.3, -0.25) is 4.79 Å². The average molecular weight is 350 g/mol. The highest BCUT2D eigenvalue weighted by molar-refractivity contribution is 5.99. The van der Waals surface area contributed by atoms with Gasteiger partial charge in [0.15, 0.2) is 17.3 Å². The number of ketones is 1. The highest BCUT2D eigenvalue weighted by Gasteiger charge is 2.16. The molecule has 0 saturated carbocycles. The van der Waals surface area contributed by atoms with Gasteiger partial charge in [-0.15, -0.1) is 0 Å². The number of methoxy groups -OCH3 is 2. The third-order valence-corrected chi connectivity index (χ3v) is 3.38. The van der Waals surface area contributed by atoms with Gasteiger partial charge in [0.2, 0.25) is 5.82 Å². The van der Waals surface area contributed by atoms with Crippen LogP contribution in [-0.2, 0) is 6.42 Å². The van der Waals surface area contributed by atoms with Crippen molar-refractivity contribution in [2.75, 3.05) is 14.2 Å². The summed E-state index contributed by atoms with van der Waals surface area (Å²) in [6.07, 6.45) is 1.20. The second kappa shape index (κ2) is 9.77. The number of rotatable bonds is 5. The summed E-state index contributed by atoms with van der Waals surface area (Å²) in [5.74, 6) is -1.95. The van der Waals surface area contributed by atoms with E-state index in [1.54, 1.807) is 25.1 Å². The van der Waals surface area contributed by atoms with Crippen molar-refractivity contribution in [3.05, 3.63) is 58.7 Å². The van der Waals surface area contributed by atoms with Crippen LogP contribution in [0, 0.1) is 18.6 Å². The highest BCUT2D eigenvalue weighted by Crippen LogP contribution is 2.24. The molecule has 0 aliphatic rings. The Balaban J connectivity index is 0.000000970. The molecular weight excluding hydrogens is 326 g/mol. The largest absolute Gasteiger partial charge is 0.497 e. The van der Waals surface area contributed by atoms with Crippen molar-refractivity contribution in [2.24, 2.45) is 0 Å². The maximum absolute atomic E-state index is 13.5. The third-order valence-electron chi connectivity index (χ3n) is 3.38. The van der Waals surface area contributed by atoms with Crippen LogP contribution in [0.5, 0.6) is 11.5 Å². The fourth-order valence-electron chi connectivity index (χ4n) is 2.18. The fraction of sp³-hybridized carbons (Fsp3) is 0.350. The lowest BCUT2D eigenvalue weighted by atomic mass is 9.98. The zero-order valence-corrected chi connectivity index (χ0v) is 15.3. The molecule has 0 bridgehead atoms. The highest BCUT2D eigenvalue weighted by atomic mass is 19.2. The van der Waals surface area contributed by atoms with Gasteiger partial charge >= 0.3 is 0 Å². The summed E-state index contributed by atoms with van der Waals surface area (Å²) in [6.45, 7) is 6.05. The molecule has 2 aromatic carbocycles. The number of halogens is 2. The molecule has 0 aliphatic carbocycles. The number of carbonyl (C=O) groups is 1. The lowest BCUT2D eigenvalue weighted by Gasteiger charge is -2.09. The van der Waals surface area contributed by atoms with E-state index in [0.717, 1.165) is 11.6 Å². The molecule has 5 heteroatoms. The van der Waals surface area contributed by atoms with Crippen LogP contribution in [0.25, 0.3) is 0 Å². The van der Waals surface area contributed by atoms with E-state index in [1.165, 1.54) is 26.7 Å². The average Bonchev–Trinajstić information content (AvgIpc) is 2.59. The number of hydrogen-bond acceptors (Lipinski definition) is 3. The van der Waals surface area contributed by atoms with Gasteiger partial charge in [0.1, 0.15) is 5.75 Å². The van der Waals surface area contributed by atoms with Crippen molar-refractivity contribution in [3.8, 4) is 11.5 Å². The summed E-state index contributed by atoms with van der Waals surface area (Å²) in [5.41, 5.74) is 1.63. The van der Waals surface area contributed by atoms with Gasteiger partial charge in [-0.2, -0.15) is 4.39 Å². The van der Waals surface area contributed by atoms with Gasteiger partial charge in [-0.25, -0.2) is 4.39 Å². The molecule has 0 radical (unpaired) electrons. The van der Waals surface area contributed by atoms with E-state index in [-0.39, 0.29) is 18.0 Å². The van der Waals surface area contributed by atoms with E-state index >= 15 is 0 Å². The molecule has 0 spiro atoms. The van der Waals surface area contributed by atoms with E-state index in [1.807, 2.05) is 0 Å². The van der Waals surface area contributed by atoms with E-state index in [2.05, 4.69) is 13.8 Å². The Hall–Kier alpha value is -2.43. The first kappa shape index (κ1) is 20.6. The topological polar surface area (TPSA) is 35.5 Å². The van der Waals surface area contributed by atoms with Gasteiger partial charge in [0.25, 0.3) is 0 Å². The third kappa shape index (κ3) is 5.55. The van der Waals surface area contributed by atoms with Crippen LogP contribution in [0.3, 0.4) is 0 Å². The Bertz CT molecular complexity index is 727. The number of carbonyl (C=O) groups excluding carboxylic acids is 1. The minimum Gasteiger partial charge on any atom is -0.497 e. The minimum atomic E-state index is -1.06. The number of hydrogen-bond donors (Lipinski definition) is 0. The van der Waals surface area contributed by atoms with E-state index in [9.17, 15) is 13.6 Å². The second-order valence-corrected chi connectivity index (χ2v) is 5.58. The normalized spacial score (nSPS) is 9.88. The first-order valence-corrected chi connectivity index (χ1v) is 8.07. The van der Waals surface area contributed by atoms with Gasteiger partial charge in [-0.1, -0.05) is 26.3 Å². The van der Waals surface area contributed by atoms with E-state index in [0.29, 0.717) is 16.9 Å². The van der Waals surface area contributed by atoms with E-state index in [4.69, 9.17) is 9.47 Å². The summed E-state index contributed by atoms with van der Waals surface area (Å²) < 4.78 is 36.8. The fourth-order valence-corrected chi connectivity index (χ4v) is 2.18. The molecule has 0 fully saturated rings. The molecule has 0 heterocycles. The van der Waals surface area contributed by atoms with Crippen LogP contribution in [-0.4, -0.2) is 20.0 Å². The molecular formula is C20H24F2O3. The van der Waals surface area contributed by atoms with Crippen molar-refractivity contribution in [3.63, 3.8) is 0 Å². The first-order chi connectivity index (χ1) is 11.9. The quantitative estimate of drug-likeness (QED) is 0.701. The van der Waals surface area contributed by atoms with Crippen LogP contribution >= 0.6 is 0 Å². The smallest absolute Gasteiger partial charge is 0.200 e. The molecule has 25 heavy (non-hydrogen) atoms. The maximum atomic E-state index is 13.5. The van der Waals surface area contributed by atoms with Gasteiger partial charge in [-0.05, 0) is 42.3 Å². The maximum Gasteiger partial charge on any atom is 0.200 e. The predicted octanol–water partition coefficient (Wildman–Crippen LogP) is 5.13. The summed E-state index contributed by atoms with van der Waals surface area (Å²) >= 11 is 0. The summed E-state index contributed by atoms with van der Waals surface area (Å²) in [5, 5.41) is 0. The lowest BCUT2D eigenvalue weighted by molar-refractivity contribution is 0.0992. The molecule has 0 amide bonds. The Kier molecular flexibility index (Phi) is 8.05. The van der Waals surface area contributed by atoms with Crippen molar-refractivity contribution < 1.29 is 23.0 Å². The van der Waals surface area contributed by atoms with Gasteiger partial charge in [0, 0.05) is 12.0 Å². The zero-order chi connectivity index (χ0) is 19.0. The molecule has 2 aromatic rings. The van der Waals surface area contributed by atoms with Crippen molar-refractivity contribution in [2.45, 2.75) is 33.6 Å². The van der Waals surface area contributed by atoms with Gasteiger partial charge in [0.05, 0.1) is 14.2 Å². The SMILES string of the molecule is CCC.COc1ccc(C)c(C(=O)Cc2cc(F)c(F)c(OC)c2)c1. The Morgan fingerprint density at radius 1 is 1.04 bits per heavy atom. The summed E-state index contributed by atoms with van der Waals surface area (Å²) in [4.78, 5) is 12.4. The number of aryl methyl sites for hydroxylation is 1. The zero-order valence-electron chi connectivity index (χ0n) is 15.3. The molecule has 0 saturated heterocycles. The lowest BCUT2D eigenvalue weighted by Crippen LogP contribution is -2.07. The molecule has 0 unspecified atom stereocenters. The first-order valence-electron chi connectivity index (χ1n) is 8.07. The molecule has 3 nitrogen and oxygen atoms in total. The number of ether oxygens (including phenoxy) is 2. The molecule has 0 atom stereocenters. The molecule has 2 rings (SSSR count). The van der Waals surface area contributed by atoms with Crippen LogP contribution in [0.4, 0.5) is 8.78 Å². The van der Waals surface area contributed by atoms with Crippen LogP contribution in [0.1, 0.15) is 41.8 Å². The van der Waals surface area contributed by atoms with Crippen LogP contribution in [0.15, 0.2) is 30.3 Å².